The number of rotatable bonds is 2. The molecule has 0 unspecified atom stereocenters. The molecule has 3 aromatic heterocycles. The van der Waals surface area contributed by atoms with Gasteiger partial charge in [-0.25, -0.2) is 8.96 Å². The number of benzene rings is 4. The zero-order valence-corrected chi connectivity index (χ0v) is 25.4. The number of furan rings is 1. The number of nitrogens with zero attached hydrogens (tertiary/aromatic N) is 1. The van der Waals surface area contributed by atoms with Crippen LogP contribution in [0.1, 0.15) is 43.0 Å². The van der Waals surface area contributed by atoms with Crippen molar-refractivity contribution < 1.29 is 13.4 Å². The Kier molecular flexibility index (Phi) is 5.68. The van der Waals surface area contributed by atoms with E-state index in [2.05, 4.69) is 93.2 Å². The Morgan fingerprint density at radius 2 is 1.59 bits per heavy atom. The van der Waals surface area contributed by atoms with Crippen LogP contribution >= 0.6 is 11.3 Å². The third kappa shape index (κ3) is 3.92. The van der Waals surface area contributed by atoms with Crippen molar-refractivity contribution in [3.8, 4) is 21.7 Å². The van der Waals surface area contributed by atoms with E-state index in [0.717, 1.165) is 44.1 Å². The fraction of sp³-hybridized carbons (Fsp3) is 0.216. The summed E-state index contributed by atoms with van der Waals surface area (Å²) in [4.78, 5) is 1.31. The Labute approximate surface area is 243 Å². The Morgan fingerprint density at radius 1 is 0.805 bits per heavy atom. The first kappa shape index (κ1) is 25.9. The van der Waals surface area contributed by atoms with Gasteiger partial charge in [-0.1, -0.05) is 45.0 Å². The van der Waals surface area contributed by atoms with Gasteiger partial charge in [-0.3, -0.25) is 0 Å². The van der Waals surface area contributed by atoms with Crippen LogP contribution in [0.4, 0.5) is 4.39 Å². The molecule has 0 atom stereocenters. The lowest BCUT2D eigenvalue weighted by atomic mass is 9.86. The molecular weight excluding hydrogens is 525 g/mol. The van der Waals surface area contributed by atoms with E-state index in [1.54, 1.807) is 6.07 Å². The second-order valence-corrected chi connectivity index (χ2v) is 13.4. The molecule has 0 spiro atoms. The van der Waals surface area contributed by atoms with Crippen molar-refractivity contribution in [1.29, 1.82) is 0 Å². The van der Waals surface area contributed by atoms with Gasteiger partial charge < -0.3 is 4.42 Å². The highest BCUT2D eigenvalue weighted by Gasteiger charge is 2.27. The van der Waals surface area contributed by atoms with Gasteiger partial charge in [0.25, 0.3) is 0 Å². The summed E-state index contributed by atoms with van der Waals surface area (Å²) >= 11 is 1.85. The molecule has 7 aromatic rings. The average molecular weight is 559 g/mol. The van der Waals surface area contributed by atoms with E-state index in [-0.39, 0.29) is 11.2 Å². The number of fused-ring (bicyclic) bond motifs is 5. The molecule has 4 aromatic carbocycles. The molecule has 0 aliphatic heterocycles. The van der Waals surface area contributed by atoms with Crippen molar-refractivity contribution in [3.63, 3.8) is 0 Å². The average Bonchev–Trinajstić information content (AvgIpc) is 3.46. The van der Waals surface area contributed by atoms with Gasteiger partial charge >= 0.3 is 0 Å². The Hall–Kier alpha value is -4.02. The van der Waals surface area contributed by atoms with Crippen LogP contribution in [-0.4, -0.2) is 0 Å². The molecule has 0 radical (unpaired) electrons. The third-order valence-corrected chi connectivity index (χ3v) is 9.98. The maximum absolute atomic E-state index is 15.3. The van der Waals surface area contributed by atoms with Crippen LogP contribution in [0.2, 0.25) is 0 Å². The molecule has 3 heterocycles. The first-order valence-electron chi connectivity index (χ1n) is 14.1. The SMILES string of the molecule is Cc1cc2c(oc3cc(C(C)(C)C)c(F)cc32)c(-c2c3ccc(-c4sc5ccccc5c4C)cc3cc[n+]2C)c1C. The minimum atomic E-state index is -0.321. The van der Waals surface area contributed by atoms with Crippen molar-refractivity contribution in [2.75, 3.05) is 0 Å². The normalized spacial score (nSPS) is 12.4. The van der Waals surface area contributed by atoms with Crippen LogP contribution in [0, 0.1) is 26.6 Å². The van der Waals surface area contributed by atoms with E-state index in [9.17, 15) is 0 Å². The van der Waals surface area contributed by atoms with Gasteiger partial charge in [-0.2, -0.15) is 0 Å². The number of hydrogen-bond acceptors (Lipinski definition) is 2. The highest BCUT2D eigenvalue weighted by molar-refractivity contribution is 7.22. The lowest BCUT2D eigenvalue weighted by Gasteiger charge is -2.19. The predicted octanol–water partition coefficient (Wildman–Crippen LogP) is 10.5. The second kappa shape index (κ2) is 8.99. The van der Waals surface area contributed by atoms with Gasteiger partial charge in [-0.15, -0.1) is 11.3 Å². The number of pyridine rings is 1. The lowest BCUT2D eigenvalue weighted by molar-refractivity contribution is -0.659. The van der Waals surface area contributed by atoms with Gasteiger partial charge in [0.05, 0.1) is 10.9 Å². The predicted molar refractivity (Wildman–Crippen MR) is 172 cm³/mol. The smallest absolute Gasteiger partial charge is 0.224 e. The maximum Gasteiger partial charge on any atom is 0.224 e. The van der Waals surface area contributed by atoms with E-state index >= 15 is 4.39 Å². The summed E-state index contributed by atoms with van der Waals surface area (Å²) in [5.74, 6) is -0.188. The first-order chi connectivity index (χ1) is 19.5. The number of halogens is 1. The van der Waals surface area contributed by atoms with Gasteiger partial charge in [0.1, 0.15) is 24.0 Å². The number of aryl methyl sites for hydroxylation is 3. The topological polar surface area (TPSA) is 17.0 Å². The number of aromatic nitrogens is 1. The molecule has 41 heavy (non-hydrogen) atoms. The fourth-order valence-corrected chi connectivity index (χ4v) is 7.50. The molecule has 0 saturated heterocycles. The van der Waals surface area contributed by atoms with Crippen LogP contribution in [0.5, 0.6) is 0 Å². The first-order valence-corrected chi connectivity index (χ1v) is 14.9. The van der Waals surface area contributed by atoms with E-state index in [4.69, 9.17) is 4.42 Å². The molecule has 0 aliphatic rings. The Balaban J connectivity index is 1.50. The summed E-state index contributed by atoms with van der Waals surface area (Å²) < 4.78 is 25.5. The minimum absolute atomic E-state index is 0.188. The van der Waals surface area contributed by atoms with Crippen LogP contribution in [0.3, 0.4) is 0 Å². The molecule has 0 amide bonds. The van der Waals surface area contributed by atoms with E-state index in [1.807, 2.05) is 38.2 Å². The van der Waals surface area contributed by atoms with Gasteiger partial charge in [-0.05, 0) is 101 Å². The fourth-order valence-electron chi connectivity index (χ4n) is 6.29. The van der Waals surface area contributed by atoms with Crippen LogP contribution in [0.25, 0.3) is 64.5 Å². The zero-order valence-electron chi connectivity index (χ0n) is 24.6. The largest absolute Gasteiger partial charge is 0.455 e. The molecule has 0 aliphatic carbocycles. The monoisotopic (exact) mass is 558 g/mol. The van der Waals surface area contributed by atoms with Crippen molar-refractivity contribution in [2.45, 2.75) is 47.0 Å². The number of hydrogen-bond donors (Lipinski definition) is 0. The van der Waals surface area contributed by atoms with Gasteiger partial charge in [0.15, 0.2) is 6.20 Å². The highest BCUT2D eigenvalue weighted by Crippen LogP contribution is 2.43. The quantitative estimate of drug-likeness (QED) is 0.193. The van der Waals surface area contributed by atoms with Crippen molar-refractivity contribution in [1.82, 2.24) is 0 Å². The summed E-state index contributed by atoms with van der Waals surface area (Å²) in [7, 11) is 2.09. The molecule has 0 saturated carbocycles. The van der Waals surface area contributed by atoms with Gasteiger partial charge in [0.2, 0.25) is 5.69 Å². The lowest BCUT2D eigenvalue weighted by Crippen LogP contribution is -2.30. The van der Waals surface area contributed by atoms with Crippen molar-refractivity contribution >= 4 is 54.1 Å². The molecule has 204 valence electrons. The summed E-state index contributed by atoms with van der Waals surface area (Å²) in [5, 5.41) is 5.43. The Morgan fingerprint density at radius 3 is 2.34 bits per heavy atom. The summed E-state index contributed by atoms with van der Waals surface area (Å²) in [6, 6.07) is 23.3. The molecule has 4 heteroatoms. The molecule has 0 fully saturated rings. The van der Waals surface area contributed by atoms with Crippen LogP contribution in [-0.2, 0) is 12.5 Å². The minimum Gasteiger partial charge on any atom is -0.455 e. The molecular formula is C37H33FNOS+. The molecule has 0 bridgehead atoms. The standard InChI is InChI=1S/C37H33FNOS/c1-20-16-28-27-18-30(38)29(37(4,5)6)19-31(27)40-35(28)33(21(20)2)34-26-13-12-24(17-23(26)14-15-39(34)7)36-22(3)25-10-8-9-11-32(25)41-36/h8-19H,1-7H3/q+1. The number of thiophene rings is 1. The van der Waals surface area contributed by atoms with Crippen molar-refractivity contribution in [3.05, 3.63) is 101 Å². The Bertz CT molecular complexity index is 2190. The maximum atomic E-state index is 15.3. The summed E-state index contributed by atoms with van der Waals surface area (Å²) in [6.07, 6.45) is 2.13. The van der Waals surface area contributed by atoms with Crippen molar-refractivity contribution in [2.24, 2.45) is 7.05 Å². The summed E-state index contributed by atoms with van der Waals surface area (Å²) in [5.41, 5.74) is 8.92. The van der Waals surface area contributed by atoms with E-state index in [1.165, 1.54) is 37.0 Å². The van der Waals surface area contributed by atoms with E-state index in [0.29, 0.717) is 5.56 Å². The van der Waals surface area contributed by atoms with Gasteiger partial charge in [0, 0.05) is 26.4 Å². The zero-order chi connectivity index (χ0) is 28.8. The molecule has 2 nitrogen and oxygen atoms in total. The third-order valence-electron chi connectivity index (χ3n) is 8.66. The summed E-state index contributed by atoms with van der Waals surface area (Å²) in [6.45, 7) is 12.6. The molecule has 7 rings (SSSR count). The van der Waals surface area contributed by atoms with Crippen LogP contribution < -0.4 is 4.57 Å². The van der Waals surface area contributed by atoms with E-state index < -0.39 is 0 Å². The highest BCUT2D eigenvalue weighted by atomic mass is 32.1. The second-order valence-electron chi connectivity index (χ2n) is 12.4. The van der Waals surface area contributed by atoms with Crippen LogP contribution in [0.15, 0.2) is 77.3 Å². The molecule has 0 N–H and O–H groups in total.